The molecule has 0 spiro atoms. The van der Waals surface area contributed by atoms with E-state index in [2.05, 4.69) is 0 Å². The van der Waals surface area contributed by atoms with Gasteiger partial charge in [-0.15, -0.1) is 0 Å². The van der Waals surface area contributed by atoms with Crippen molar-refractivity contribution in [3.63, 3.8) is 0 Å². The van der Waals surface area contributed by atoms with Gasteiger partial charge in [-0.05, 0) is 24.6 Å². The monoisotopic (exact) mass is 207 g/mol. The molecule has 0 saturated heterocycles. The van der Waals surface area contributed by atoms with Crippen molar-refractivity contribution in [3.05, 3.63) is 41.7 Å². The summed E-state index contributed by atoms with van der Waals surface area (Å²) in [5.41, 5.74) is 7.32. The molecule has 82 valence electrons. The molecule has 0 radical (unpaired) electrons. The first-order chi connectivity index (χ1) is 7.17. The van der Waals surface area contributed by atoms with E-state index in [1.54, 1.807) is 12.1 Å². The van der Waals surface area contributed by atoms with Crippen LogP contribution in [-0.2, 0) is 6.54 Å². The smallest absolute Gasteiger partial charge is 0.118 e. The van der Waals surface area contributed by atoms with Crippen LogP contribution in [0.15, 0.2) is 36.2 Å². The van der Waals surface area contributed by atoms with E-state index in [0.29, 0.717) is 6.54 Å². The lowest BCUT2D eigenvalue weighted by atomic mass is 10.2. The first-order valence-electron chi connectivity index (χ1n) is 4.71. The fraction of sp³-hybridized carbons (Fsp3) is 0.273. The first kappa shape index (κ1) is 11.4. The second-order valence-electron chi connectivity index (χ2n) is 3.28. The van der Waals surface area contributed by atoms with Gasteiger partial charge < -0.3 is 15.5 Å². The highest BCUT2D eigenvalue weighted by Crippen LogP contribution is 2.13. The standard InChI is InChI=1S/C11H17N3O/c1-9(7-12)14(13)8-10-3-5-11(15-2)6-4-10/h3-7H,8,12-13H2,1-2H3/b9-7-. The summed E-state index contributed by atoms with van der Waals surface area (Å²) in [6.45, 7) is 2.49. The van der Waals surface area contributed by atoms with Gasteiger partial charge >= 0.3 is 0 Å². The molecule has 0 aliphatic heterocycles. The molecule has 0 fully saturated rings. The number of allylic oxidation sites excluding steroid dienone is 1. The van der Waals surface area contributed by atoms with Crippen LogP contribution in [0.2, 0.25) is 0 Å². The third kappa shape index (κ3) is 3.18. The molecular weight excluding hydrogens is 190 g/mol. The zero-order valence-electron chi connectivity index (χ0n) is 9.10. The molecule has 0 bridgehead atoms. The molecule has 0 atom stereocenters. The second-order valence-corrected chi connectivity index (χ2v) is 3.28. The summed E-state index contributed by atoms with van der Waals surface area (Å²) in [4.78, 5) is 0. The molecular formula is C11H17N3O. The molecule has 1 rings (SSSR count). The van der Waals surface area contributed by atoms with Crippen molar-refractivity contribution >= 4 is 0 Å². The van der Waals surface area contributed by atoms with Crippen LogP contribution in [0.1, 0.15) is 12.5 Å². The zero-order chi connectivity index (χ0) is 11.3. The Morgan fingerprint density at radius 2 is 2.00 bits per heavy atom. The van der Waals surface area contributed by atoms with Crippen LogP contribution in [0.25, 0.3) is 0 Å². The van der Waals surface area contributed by atoms with Crippen LogP contribution in [-0.4, -0.2) is 12.1 Å². The SMILES string of the molecule is COc1ccc(CN(N)/C(C)=C\N)cc1. The number of hydrogen-bond acceptors (Lipinski definition) is 4. The molecule has 0 saturated carbocycles. The highest BCUT2D eigenvalue weighted by Gasteiger charge is 2.01. The summed E-state index contributed by atoms with van der Waals surface area (Å²) < 4.78 is 5.07. The Labute approximate surface area is 90.1 Å². The van der Waals surface area contributed by atoms with E-state index in [4.69, 9.17) is 16.3 Å². The number of hydrazine groups is 1. The number of ether oxygens (including phenoxy) is 1. The Morgan fingerprint density at radius 1 is 1.40 bits per heavy atom. The number of benzene rings is 1. The van der Waals surface area contributed by atoms with Gasteiger partial charge in [0.1, 0.15) is 5.75 Å². The zero-order valence-corrected chi connectivity index (χ0v) is 9.10. The maximum absolute atomic E-state index is 5.78. The molecule has 0 aliphatic carbocycles. The van der Waals surface area contributed by atoms with Gasteiger partial charge in [0.15, 0.2) is 0 Å². The van der Waals surface area contributed by atoms with Gasteiger partial charge in [0.05, 0.1) is 13.7 Å². The summed E-state index contributed by atoms with van der Waals surface area (Å²) in [7, 11) is 1.64. The molecule has 4 nitrogen and oxygen atoms in total. The van der Waals surface area contributed by atoms with E-state index in [-0.39, 0.29) is 0 Å². The minimum Gasteiger partial charge on any atom is -0.497 e. The maximum Gasteiger partial charge on any atom is 0.118 e. The number of nitrogens with two attached hydrogens (primary N) is 2. The van der Waals surface area contributed by atoms with Crippen molar-refractivity contribution in [1.82, 2.24) is 5.01 Å². The number of hydrogen-bond donors (Lipinski definition) is 2. The maximum atomic E-state index is 5.78. The lowest BCUT2D eigenvalue weighted by Gasteiger charge is -2.18. The lowest BCUT2D eigenvalue weighted by Crippen LogP contribution is -2.28. The number of nitrogens with zero attached hydrogens (tertiary/aromatic N) is 1. The van der Waals surface area contributed by atoms with Crippen molar-refractivity contribution in [1.29, 1.82) is 0 Å². The van der Waals surface area contributed by atoms with Gasteiger partial charge in [0, 0.05) is 11.9 Å². The number of rotatable bonds is 4. The van der Waals surface area contributed by atoms with Crippen molar-refractivity contribution < 1.29 is 4.74 Å². The predicted octanol–water partition coefficient (Wildman–Crippen LogP) is 1.19. The highest BCUT2D eigenvalue weighted by molar-refractivity contribution is 5.27. The Balaban J connectivity index is 2.65. The Hall–Kier alpha value is -1.68. The molecule has 0 unspecified atom stereocenters. The normalized spacial score (nSPS) is 11.3. The first-order valence-corrected chi connectivity index (χ1v) is 4.71. The minimum atomic E-state index is 0.628. The number of methoxy groups -OCH3 is 1. The van der Waals surface area contributed by atoms with E-state index < -0.39 is 0 Å². The molecule has 1 aromatic carbocycles. The van der Waals surface area contributed by atoms with E-state index in [1.165, 1.54) is 6.20 Å². The Bertz CT molecular complexity index is 332. The van der Waals surface area contributed by atoms with Crippen molar-refractivity contribution in [3.8, 4) is 5.75 Å². The molecule has 4 N–H and O–H groups in total. The molecule has 15 heavy (non-hydrogen) atoms. The van der Waals surface area contributed by atoms with Crippen LogP contribution < -0.4 is 16.3 Å². The van der Waals surface area contributed by atoms with Crippen LogP contribution in [0.4, 0.5) is 0 Å². The van der Waals surface area contributed by atoms with Gasteiger partial charge in [-0.1, -0.05) is 12.1 Å². The van der Waals surface area contributed by atoms with E-state index in [9.17, 15) is 0 Å². The van der Waals surface area contributed by atoms with E-state index in [0.717, 1.165) is 17.0 Å². The quantitative estimate of drug-likeness (QED) is 0.575. The summed E-state index contributed by atoms with van der Waals surface area (Å²) in [5, 5.41) is 1.60. The van der Waals surface area contributed by atoms with E-state index in [1.807, 2.05) is 31.2 Å². The fourth-order valence-corrected chi connectivity index (χ4v) is 1.15. The van der Waals surface area contributed by atoms with Crippen LogP contribution in [0.5, 0.6) is 5.75 Å². The third-order valence-electron chi connectivity index (χ3n) is 2.21. The van der Waals surface area contributed by atoms with Gasteiger partial charge in [0.2, 0.25) is 0 Å². The topological polar surface area (TPSA) is 64.5 Å². The third-order valence-corrected chi connectivity index (χ3v) is 2.21. The molecule has 0 aromatic heterocycles. The molecule has 0 aliphatic rings. The fourth-order valence-electron chi connectivity index (χ4n) is 1.15. The van der Waals surface area contributed by atoms with Crippen LogP contribution in [0, 0.1) is 0 Å². The lowest BCUT2D eigenvalue weighted by molar-refractivity contribution is 0.351. The molecule has 0 amide bonds. The van der Waals surface area contributed by atoms with Crippen molar-refractivity contribution in [2.24, 2.45) is 11.6 Å². The molecule has 0 heterocycles. The predicted molar refractivity (Wildman–Crippen MR) is 60.7 cm³/mol. The average molecular weight is 207 g/mol. The summed E-state index contributed by atoms with van der Waals surface area (Å²) >= 11 is 0. The molecule has 4 heteroatoms. The van der Waals surface area contributed by atoms with Crippen molar-refractivity contribution in [2.45, 2.75) is 13.5 Å². The van der Waals surface area contributed by atoms with Crippen molar-refractivity contribution in [2.75, 3.05) is 7.11 Å². The van der Waals surface area contributed by atoms with Gasteiger partial charge in [0.25, 0.3) is 0 Å². The van der Waals surface area contributed by atoms with Gasteiger partial charge in [-0.25, -0.2) is 5.84 Å². The van der Waals surface area contributed by atoms with Gasteiger partial charge in [-0.3, -0.25) is 0 Å². The Morgan fingerprint density at radius 3 is 2.47 bits per heavy atom. The van der Waals surface area contributed by atoms with E-state index >= 15 is 0 Å². The van der Waals surface area contributed by atoms with Crippen LogP contribution in [0.3, 0.4) is 0 Å². The Kier molecular flexibility index (Phi) is 4.00. The minimum absolute atomic E-state index is 0.628. The second kappa shape index (κ2) is 5.26. The summed E-state index contributed by atoms with van der Waals surface area (Å²) in [5.74, 6) is 6.63. The van der Waals surface area contributed by atoms with Gasteiger partial charge in [-0.2, -0.15) is 0 Å². The van der Waals surface area contributed by atoms with Crippen LogP contribution >= 0.6 is 0 Å². The summed E-state index contributed by atoms with van der Waals surface area (Å²) in [6, 6.07) is 7.76. The highest BCUT2D eigenvalue weighted by atomic mass is 16.5. The average Bonchev–Trinajstić information content (AvgIpc) is 2.29. The largest absolute Gasteiger partial charge is 0.497 e. The molecule has 1 aromatic rings. The summed E-state index contributed by atoms with van der Waals surface area (Å²) in [6.07, 6.45) is 1.49.